The predicted octanol–water partition coefficient (Wildman–Crippen LogP) is 2.84. The third-order valence-electron chi connectivity index (χ3n) is 3.02. The summed E-state index contributed by atoms with van der Waals surface area (Å²) >= 11 is 0. The first-order valence-corrected chi connectivity index (χ1v) is 6.35. The molecule has 2 N–H and O–H groups in total. The molecule has 4 heteroatoms. The van der Waals surface area contributed by atoms with E-state index in [9.17, 15) is 4.79 Å². The highest BCUT2D eigenvalue weighted by Gasteiger charge is 2.12. The summed E-state index contributed by atoms with van der Waals surface area (Å²) in [4.78, 5) is 15.2. The zero-order chi connectivity index (χ0) is 14.0. The number of nitrogens with zero attached hydrogens (tertiary/aromatic N) is 1. The molecular weight excluding hydrogens is 238 g/mol. The van der Waals surface area contributed by atoms with E-state index < -0.39 is 0 Å². The normalized spacial score (nSPS) is 10.5. The van der Waals surface area contributed by atoms with Crippen molar-refractivity contribution in [3.05, 3.63) is 35.0 Å². The average Bonchev–Trinajstić information content (AvgIpc) is 2.63. The summed E-state index contributed by atoms with van der Waals surface area (Å²) in [5.41, 5.74) is 7.73. The molecule has 1 amide bonds. The molecule has 1 aromatic carbocycles. The van der Waals surface area contributed by atoms with Crippen LogP contribution in [0.5, 0.6) is 0 Å². The van der Waals surface area contributed by atoms with Crippen molar-refractivity contribution in [3.63, 3.8) is 0 Å². The number of benzene rings is 1. The Balaban J connectivity index is 2.29. The molecule has 0 atom stereocenters. The number of aromatic amines is 1. The van der Waals surface area contributed by atoms with E-state index in [2.05, 4.69) is 34.6 Å². The van der Waals surface area contributed by atoms with Crippen LogP contribution in [0.2, 0.25) is 0 Å². The van der Waals surface area contributed by atoms with Crippen LogP contribution in [-0.4, -0.2) is 16.6 Å². The molecule has 19 heavy (non-hydrogen) atoms. The van der Waals surface area contributed by atoms with Crippen molar-refractivity contribution >= 4 is 22.5 Å². The summed E-state index contributed by atoms with van der Waals surface area (Å²) in [5, 5.41) is 5.05. The summed E-state index contributed by atoms with van der Waals surface area (Å²) in [6, 6.07) is 6.22. The van der Waals surface area contributed by atoms with Gasteiger partial charge < -0.3 is 4.98 Å². The molecule has 2 rings (SSSR count). The minimum Gasteiger partial charge on any atom is -0.358 e. The molecule has 0 saturated carbocycles. The van der Waals surface area contributed by atoms with Gasteiger partial charge in [0.15, 0.2) is 0 Å². The van der Waals surface area contributed by atoms with Gasteiger partial charge in [0.25, 0.3) is 0 Å². The number of aromatic nitrogens is 1. The van der Waals surface area contributed by atoms with Crippen molar-refractivity contribution in [2.24, 2.45) is 5.10 Å². The Morgan fingerprint density at radius 2 is 2.05 bits per heavy atom. The molecule has 0 spiro atoms. The highest BCUT2D eigenvalue weighted by Crippen LogP contribution is 2.23. The molecule has 0 saturated heterocycles. The third-order valence-corrected chi connectivity index (χ3v) is 3.02. The number of amides is 1. The molecular formula is C15H19N3O. The maximum atomic E-state index is 11.9. The van der Waals surface area contributed by atoms with Gasteiger partial charge in [-0.05, 0) is 45.4 Å². The first-order valence-electron chi connectivity index (χ1n) is 6.35. The second-order valence-corrected chi connectivity index (χ2v) is 5.05. The second-order valence-electron chi connectivity index (χ2n) is 5.05. The first-order chi connectivity index (χ1) is 8.97. The number of fused-ring (bicyclic) bond motifs is 1. The van der Waals surface area contributed by atoms with Crippen LogP contribution in [0.3, 0.4) is 0 Å². The van der Waals surface area contributed by atoms with Crippen LogP contribution in [0.1, 0.15) is 30.7 Å². The molecule has 2 aromatic rings. The predicted molar refractivity (Wildman–Crippen MR) is 78.4 cm³/mol. The SMILES string of the molecule is CC(C)=NNC(=O)Cc1c(C)[nH]c2ccc(C)cc12. The van der Waals surface area contributed by atoms with E-state index in [0.29, 0.717) is 6.42 Å². The van der Waals surface area contributed by atoms with Gasteiger partial charge in [-0.3, -0.25) is 4.79 Å². The summed E-state index contributed by atoms with van der Waals surface area (Å²) < 4.78 is 0. The molecule has 0 aliphatic carbocycles. The number of hydrogen-bond acceptors (Lipinski definition) is 2. The quantitative estimate of drug-likeness (QED) is 0.644. The first kappa shape index (κ1) is 13.3. The molecule has 0 unspecified atom stereocenters. The van der Waals surface area contributed by atoms with Crippen molar-refractivity contribution in [1.29, 1.82) is 0 Å². The molecule has 0 radical (unpaired) electrons. The van der Waals surface area contributed by atoms with Crippen LogP contribution in [0.4, 0.5) is 0 Å². The number of hydrogen-bond donors (Lipinski definition) is 2. The maximum absolute atomic E-state index is 11.9. The van der Waals surface area contributed by atoms with E-state index in [1.54, 1.807) is 0 Å². The zero-order valence-corrected chi connectivity index (χ0v) is 11.8. The van der Waals surface area contributed by atoms with Crippen LogP contribution in [0, 0.1) is 13.8 Å². The Hall–Kier alpha value is -2.10. The number of H-pyrrole nitrogens is 1. The fourth-order valence-corrected chi connectivity index (χ4v) is 2.10. The lowest BCUT2D eigenvalue weighted by atomic mass is 10.1. The number of carbonyl (C=O) groups is 1. The van der Waals surface area contributed by atoms with Gasteiger partial charge in [0.05, 0.1) is 6.42 Å². The van der Waals surface area contributed by atoms with Gasteiger partial charge in [-0.1, -0.05) is 11.6 Å². The minimum absolute atomic E-state index is 0.0910. The summed E-state index contributed by atoms with van der Waals surface area (Å²) in [5.74, 6) is -0.0910. The van der Waals surface area contributed by atoms with E-state index in [1.165, 1.54) is 5.56 Å². The Morgan fingerprint density at radius 3 is 2.74 bits per heavy atom. The van der Waals surface area contributed by atoms with Gasteiger partial charge in [-0.2, -0.15) is 5.10 Å². The van der Waals surface area contributed by atoms with Crippen LogP contribution < -0.4 is 5.43 Å². The van der Waals surface area contributed by atoms with Crippen molar-refractivity contribution < 1.29 is 4.79 Å². The number of nitrogens with one attached hydrogen (secondary N) is 2. The Morgan fingerprint density at radius 1 is 1.32 bits per heavy atom. The molecule has 1 heterocycles. The van der Waals surface area contributed by atoms with Gasteiger partial charge >= 0.3 is 0 Å². The standard InChI is InChI=1S/C15H19N3O/c1-9(2)17-18-15(19)8-12-11(4)16-14-6-5-10(3)7-13(12)14/h5-7,16H,8H2,1-4H3,(H,18,19). The van der Waals surface area contributed by atoms with Crippen molar-refractivity contribution in [2.75, 3.05) is 0 Å². The highest BCUT2D eigenvalue weighted by molar-refractivity contribution is 5.91. The second kappa shape index (κ2) is 5.26. The molecule has 0 aliphatic rings. The molecule has 4 nitrogen and oxygen atoms in total. The lowest BCUT2D eigenvalue weighted by Crippen LogP contribution is -2.20. The van der Waals surface area contributed by atoms with Crippen molar-refractivity contribution in [1.82, 2.24) is 10.4 Å². The van der Waals surface area contributed by atoms with Crippen LogP contribution >= 0.6 is 0 Å². The topological polar surface area (TPSA) is 57.2 Å². The van der Waals surface area contributed by atoms with Gasteiger partial charge in [-0.25, -0.2) is 5.43 Å². The fraction of sp³-hybridized carbons (Fsp3) is 0.333. The summed E-state index contributed by atoms with van der Waals surface area (Å²) in [7, 11) is 0. The highest BCUT2D eigenvalue weighted by atomic mass is 16.2. The summed E-state index contributed by atoms with van der Waals surface area (Å²) in [6.45, 7) is 7.74. The van der Waals surface area contributed by atoms with E-state index in [0.717, 1.165) is 27.9 Å². The van der Waals surface area contributed by atoms with E-state index >= 15 is 0 Å². The Bertz CT molecular complexity index is 649. The number of aryl methyl sites for hydroxylation is 2. The smallest absolute Gasteiger partial charge is 0.244 e. The molecule has 1 aromatic heterocycles. The molecule has 0 aliphatic heterocycles. The van der Waals surface area contributed by atoms with Crippen molar-refractivity contribution in [3.8, 4) is 0 Å². The van der Waals surface area contributed by atoms with Crippen LogP contribution in [0.15, 0.2) is 23.3 Å². The minimum atomic E-state index is -0.0910. The molecule has 100 valence electrons. The number of hydrazone groups is 1. The maximum Gasteiger partial charge on any atom is 0.244 e. The number of rotatable bonds is 3. The summed E-state index contributed by atoms with van der Waals surface area (Å²) in [6.07, 6.45) is 0.339. The van der Waals surface area contributed by atoms with E-state index in [1.807, 2.05) is 26.8 Å². The average molecular weight is 257 g/mol. The molecule has 0 bridgehead atoms. The van der Waals surface area contributed by atoms with Crippen LogP contribution in [-0.2, 0) is 11.2 Å². The van der Waals surface area contributed by atoms with Crippen LogP contribution in [0.25, 0.3) is 10.9 Å². The number of carbonyl (C=O) groups excluding carboxylic acids is 1. The lowest BCUT2D eigenvalue weighted by molar-refractivity contribution is -0.120. The third kappa shape index (κ3) is 3.02. The van der Waals surface area contributed by atoms with Gasteiger partial charge in [0.2, 0.25) is 5.91 Å². The van der Waals surface area contributed by atoms with Gasteiger partial charge in [0.1, 0.15) is 0 Å². The van der Waals surface area contributed by atoms with E-state index in [-0.39, 0.29) is 5.91 Å². The largest absolute Gasteiger partial charge is 0.358 e. The Kier molecular flexibility index (Phi) is 3.69. The van der Waals surface area contributed by atoms with Crippen molar-refractivity contribution in [2.45, 2.75) is 34.1 Å². The monoisotopic (exact) mass is 257 g/mol. The van der Waals surface area contributed by atoms with E-state index in [4.69, 9.17) is 0 Å². The van der Waals surface area contributed by atoms with Gasteiger partial charge in [0, 0.05) is 22.3 Å². The lowest BCUT2D eigenvalue weighted by Gasteiger charge is -2.02. The Labute approximate surface area is 112 Å². The van der Waals surface area contributed by atoms with Gasteiger partial charge in [-0.15, -0.1) is 0 Å². The molecule has 0 fully saturated rings. The zero-order valence-electron chi connectivity index (χ0n) is 11.8. The fourth-order valence-electron chi connectivity index (χ4n) is 2.10.